The van der Waals surface area contributed by atoms with E-state index in [1.807, 2.05) is 6.07 Å². The Morgan fingerprint density at radius 3 is 2.26 bits per heavy atom. The second kappa shape index (κ2) is 8.58. The van der Waals surface area contributed by atoms with E-state index >= 15 is 0 Å². The van der Waals surface area contributed by atoms with Gasteiger partial charge in [0.15, 0.2) is 17.5 Å². The fraction of sp³-hybridized carbons (Fsp3) is 0.211. The maximum Gasteiger partial charge on any atom is 0.339 e. The van der Waals surface area contributed by atoms with Gasteiger partial charge in [-0.3, -0.25) is 0 Å². The number of nitriles is 1. The third-order valence-corrected chi connectivity index (χ3v) is 3.83. The lowest BCUT2D eigenvalue weighted by atomic mass is 10.0. The quantitative estimate of drug-likeness (QED) is 0.714. The molecule has 27 heavy (non-hydrogen) atoms. The molecule has 140 valence electrons. The van der Waals surface area contributed by atoms with Crippen LogP contribution in [0.25, 0.3) is 0 Å². The predicted octanol–water partition coefficient (Wildman–Crippen LogP) is 2.60. The molecule has 0 spiro atoms. The zero-order valence-electron chi connectivity index (χ0n) is 15.0. The molecule has 1 atom stereocenters. The Labute approximate surface area is 155 Å². The van der Waals surface area contributed by atoms with Crippen LogP contribution >= 0.6 is 0 Å². The van der Waals surface area contributed by atoms with Gasteiger partial charge in [0.1, 0.15) is 5.56 Å². The summed E-state index contributed by atoms with van der Waals surface area (Å²) in [4.78, 5) is 23.9. The average Bonchev–Trinajstić information content (AvgIpc) is 2.70. The van der Waals surface area contributed by atoms with E-state index in [1.54, 1.807) is 24.3 Å². The summed E-state index contributed by atoms with van der Waals surface area (Å²) >= 11 is 0. The number of esters is 1. The van der Waals surface area contributed by atoms with Crippen molar-refractivity contribution >= 4 is 17.6 Å². The molecule has 0 aliphatic rings. The highest BCUT2D eigenvalue weighted by Crippen LogP contribution is 2.35. The summed E-state index contributed by atoms with van der Waals surface area (Å²) in [5, 5.41) is 21.3. The molecule has 2 rings (SSSR count). The van der Waals surface area contributed by atoms with Gasteiger partial charge in [0.25, 0.3) is 0 Å². The highest BCUT2D eigenvalue weighted by atomic mass is 16.5. The molecule has 0 heterocycles. The van der Waals surface area contributed by atoms with E-state index in [9.17, 15) is 14.7 Å². The first kappa shape index (κ1) is 19.6. The zero-order chi connectivity index (χ0) is 20.0. The number of carbonyl (C=O) groups excluding carboxylic acids is 1. The van der Waals surface area contributed by atoms with Crippen molar-refractivity contribution in [1.82, 2.24) is 0 Å². The summed E-state index contributed by atoms with van der Waals surface area (Å²) in [6, 6.07) is 10.3. The molecule has 0 radical (unpaired) electrons. The number of ether oxygens (including phenoxy) is 3. The number of carbonyl (C=O) groups is 2. The molecular formula is C19H18N2O6. The molecule has 2 aromatic carbocycles. The zero-order valence-corrected chi connectivity index (χ0v) is 15.0. The van der Waals surface area contributed by atoms with Crippen molar-refractivity contribution < 1.29 is 28.9 Å². The number of nitrogens with zero attached hydrogens (tertiary/aromatic N) is 1. The maximum atomic E-state index is 12.3. The number of carboxylic acids is 1. The highest BCUT2D eigenvalue weighted by Gasteiger charge is 2.26. The molecule has 2 aromatic rings. The van der Waals surface area contributed by atoms with Crippen molar-refractivity contribution in [2.45, 2.75) is 6.04 Å². The summed E-state index contributed by atoms with van der Waals surface area (Å²) in [5.41, 5.74) is 1.19. The lowest BCUT2D eigenvalue weighted by Crippen LogP contribution is -2.23. The minimum Gasteiger partial charge on any atom is -0.493 e. The smallest absolute Gasteiger partial charge is 0.339 e. The van der Waals surface area contributed by atoms with Crippen molar-refractivity contribution in [1.29, 1.82) is 5.26 Å². The first-order valence-corrected chi connectivity index (χ1v) is 7.78. The monoisotopic (exact) mass is 370 g/mol. The van der Waals surface area contributed by atoms with Gasteiger partial charge in [-0.2, -0.15) is 5.26 Å². The minimum absolute atomic E-state index is 0.0516. The third-order valence-electron chi connectivity index (χ3n) is 3.83. The normalized spacial score (nSPS) is 11.0. The van der Waals surface area contributed by atoms with Crippen molar-refractivity contribution in [2.24, 2.45) is 0 Å². The highest BCUT2D eigenvalue weighted by molar-refractivity contribution is 5.93. The Morgan fingerprint density at radius 1 is 1.11 bits per heavy atom. The Kier molecular flexibility index (Phi) is 6.23. The molecule has 0 bridgehead atoms. The van der Waals surface area contributed by atoms with Crippen LogP contribution in [0.1, 0.15) is 27.5 Å². The number of aromatic carboxylic acids is 1. The molecule has 0 amide bonds. The fourth-order valence-electron chi connectivity index (χ4n) is 2.52. The second-order valence-corrected chi connectivity index (χ2v) is 5.40. The van der Waals surface area contributed by atoms with Crippen LogP contribution in [0.2, 0.25) is 0 Å². The average molecular weight is 370 g/mol. The lowest BCUT2D eigenvalue weighted by molar-refractivity contribution is -0.141. The van der Waals surface area contributed by atoms with Gasteiger partial charge < -0.3 is 24.6 Å². The van der Waals surface area contributed by atoms with Crippen LogP contribution < -0.4 is 14.8 Å². The summed E-state index contributed by atoms with van der Waals surface area (Å²) in [6.45, 7) is 0. The van der Waals surface area contributed by atoms with Gasteiger partial charge in [-0.15, -0.1) is 0 Å². The van der Waals surface area contributed by atoms with Gasteiger partial charge >= 0.3 is 11.9 Å². The van der Waals surface area contributed by atoms with E-state index in [-0.39, 0.29) is 17.1 Å². The topological polar surface area (TPSA) is 118 Å². The largest absolute Gasteiger partial charge is 0.493 e. The standard InChI is InChI=1S/C19H18N2O6/c1-25-15-9-12(8-14(18(22)23)17(15)26-2)16(19(24)27-3)21-13-6-4-11(10-20)5-7-13/h4-9,16,21H,1-3H3,(H,22,23). The van der Waals surface area contributed by atoms with Crippen LogP contribution in [0.5, 0.6) is 11.5 Å². The van der Waals surface area contributed by atoms with E-state index in [0.29, 0.717) is 16.8 Å². The number of rotatable bonds is 7. The second-order valence-electron chi connectivity index (χ2n) is 5.40. The molecule has 8 nitrogen and oxygen atoms in total. The fourth-order valence-corrected chi connectivity index (χ4v) is 2.52. The van der Waals surface area contributed by atoms with Gasteiger partial charge in [0.2, 0.25) is 0 Å². The minimum atomic E-state index is -1.23. The SMILES string of the molecule is COC(=O)C(Nc1ccc(C#N)cc1)c1cc(OC)c(OC)c(C(=O)O)c1. The number of hydrogen-bond donors (Lipinski definition) is 2. The number of nitrogens with one attached hydrogen (secondary N) is 1. The van der Waals surface area contributed by atoms with E-state index in [1.165, 1.54) is 33.5 Å². The van der Waals surface area contributed by atoms with E-state index in [4.69, 9.17) is 19.5 Å². The molecule has 0 aliphatic heterocycles. The lowest BCUT2D eigenvalue weighted by Gasteiger charge is -2.20. The molecule has 2 N–H and O–H groups in total. The van der Waals surface area contributed by atoms with E-state index in [0.717, 1.165) is 0 Å². The van der Waals surface area contributed by atoms with Crippen molar-refractivity contribution in [3.8, 4) is 17.6 Å². The van der Waals surface area contributed by atoms with Crippen LogP contribution in [-0.4, -0.2) is 38.4 Å². The number of carboxylic acid groups (broad SMARTS) is 1. The molecule has 0 aliphatic carbocycles. The summed E-state index contributed by atoms with van der Waals surface area (Å²) in [7, 11) is 3.93. The molecular weight excluding hydrogens is 352 g/mol. The van der Waals surface area contributed by atoms with Crippen LogP contribution in [-0.2, 0) is 9.53 Å². The Balaban J connectivity index is 2.52. The van der Waals surface area contributed by atoms with Gasteiger partial charge in [-0.05, 0) is 42.0 Å². The van der Waals surface area contributed by atoms with Crippen molar-refractivity contribution in [3.05, 3.63) is 53.1 Å². The van der Waals surface area contributed by atoms with E-state index in [2.05, 4.69) is 5.32 Å². The Morgan fingerprint density at radius 2 is 1.78 bits per heavy atom. The Hall–Kier alpha value is -3.73. The molecule has 0 saturated heterocycles. The van der Waals surface area contributed by atoms with Gasteiger partial charge in [-0.25, -0.2) is 9.59 Å². The van der Waals surface area contributed by atoms with Crippen LogP contribution in [0, 0.1) is 11.3 Å². The summed E-state index contributed by atoms with van der Waals surface area (Å²) in [6.07, 6.45) is 0. The predicted molar refractivity (Wildman–Crippen MR) is 96.0 cm³/mol. The van der Waals surface area contributed by atoms with Gasteiger partial charge in [0.05, 0.1) is 33.0 Å². The van der Waals surface area contributed by atoms with Crippen LogP contribution in [0.3, 0.4) is 0 Å². The third kappa shape index (κ3) is 4.27. The molecule has 0 aromatic heterocycles. The van der Waals surface area contributed by atoms with Crippen LogP contribution in [0.15, 0.2) is 36.4 Å². The molecule has 1 unspecified atom stereocenters. The van der Waals surface area contributed by atoms with Crippen molar-refractivity contribution in [2.75, 3.05) is 26.6 Å². The van der Waals surface area contributed by atoms with Crippen molar-refractivity contribution in [3.63, 3.8) is 0 Å². The van der Waals surface area contributed by atoms with Gasteiger partial charge in [-0.1, -0.05) is 0 Å². The molecule has 8 heteroatoms. The summed E-state index contributed by atoms with van der Waals surface area (Å²) < 4.78 is 15.2. The number of anilines is 1. The first-order valence-electron chi connectivity index (χ1n) is 7.78. The first-order chi connectivity index (χ1) is 12.9. The number of benzene rings is 2. The van der Waals surface area contributed by atoms with E-state index < -0.39 is 18.0 Å². The van der Waals surface area contributed by atoms with Gasteiger partial charge in [0, 0.05) is 5.69 Å². The van der Waals surface area contributed by atoms with Crippen LogP contribution in [0.4, 0.5) is 5.69 Å². The number of hydrogen-bond acceptors (Lipinski definition) is 7. The molecule has 0 saturated carbocycles. The maximum absolute atomic E-state index is 12.3. The molecule has 0 fully saturated rings. The summed E-state index contributed by atoms with van der Waals surface area (Å²) in [5.74, 6) is -1.63. The Bertz CT molecular complexity index is 886. The number of methoxy groups -OCH3 is 3.